The zero-order valence-corrected chi connectivity index (χ0v) is 7.83. The fourth-order valence-electron chi connectivity index (χ4n) is 1.38. The molecule has 15 heavy (non-hydrogen) atoms. The third kappa shape index (κ3) is 1.97. The van der Waals surface area contributed by atoms with Gasteiger partial charge in [-0.15, -0.1) is 0 Å². The SMILES string of the molecule is O=C=NCc1cc(F)c2c(c1)OCCO2. The Balaban J connectivity index is 2.35. The normalized spacial score (nSPS) is 13.1. The average molecular weight is 209 g/mol. The van der Waals surface area contributed by atoms with E-state index in [-0.39, 0.29) is 12.3 Å². The first kappa shape index (κ1) is 9.68. The van der Waals surface area contributed by atoms with Crippen molar-refractivity contribution >= 4 is 6.08 Å². The third-order valence-corrected chi connectivity index (χ3v) is 1.98. The summed E-state index contributed by atoms with van der Waals surface area (Å²) < 4.78 is 23.7. The molecule has 0 aliphatic carbocycles. The summed E-state index contributed by atoms with van der Waals surface area (Å²) in [6, 6.07) is 2.88. The molecule has 0 fully saturated rings. The third-order valence-electron chi connectivity index (χ3n) is 1.98. The molecule has 0 atom stereocenters. The van der Waals surface area contributed by atoms with Crippen LogP contribution >= 0.6 is 0 Å². The van der Waals surface area contributed by atoms with Crippen LogP contribution in [0.1, 0.15) is 5.56 Å². The van der Waals surface area contributed by atoms with E-state index in [0.717, 1.165) is 0 Å². The number of benzene rings is 1. The second-order valence-corrected chi connectivity index (χ2v) is 3.01. The minimum absolute atomic E-state index is 0.0943. The van der Waals surface area contributed by atoms with E-state index in [2.05, 4.69) is 4.99 Å². The number of hydrogen-bond donors (Lipinski definition) is 0. The van der Waals surface area contributed by atoms with E-state index in [1.807, 2.05) is 0 Å². The summed E-state index contributed by atoms with van der Waals surface area (Å²) in [5.74, 6) is -0.0132. The van der Waals surface area contributed by atoms with Crippen LogP contribution in [0.2, 0.25) is 0 Å². The van der Waals surface area contributed by atoms with Crippen molar-refractivity contribution in [2.45, 2.75) is 6.54 Å². The van der Waals surface area contributed by atoms with Crippen LogP contribution in [0.5, 0.6) is 11.5 Å². The lowest BCUT2D eigenvalue weighted by Crippen LogP contribution is -2.16. The van der Waals surface area contributed by atoms with Crippen LogP contribution < -0.4 is 9.47 Å². The molecular weight excluding hydrogens is 201 g/mol. The molecular formula is C10H8FNO3. The molecule has 0 unspecified atom stereocenters. The second kappa shape index (κ2) is 4.11. The topological polar surface area (TPSA) is 47.9 Å². The lowest BCUT2D eigenvalue weighted by molar-refractivity contribution is 0.164. The van der Waals surface area contributed by atoms with Gasteiger partial charge in [0.05, 0.1) is 6.54 Å². The van der Waals surface area contributed by atoms with E-state index in [9.17, 15) is 9.18 Å². The minimum atomic E-state index is -0.497. The van der Waals surface area contributed by atoms with Crippen molar-refractivity contribution in [3.05, 3.63) is 23.5 Å². The Hall–Kier alpha value is -1.87. The number of hydrogen-bond acceptors (Lipinski definition) is 4. The zero-order chi connectivity index (χ0) is 10.7. The Morgan fingerprint density at radius 2 is 2.20 bits per heavy atom. The van der Waals surface area contributed by atoms with Crippen molar-refractivity contribution in [1.29, 1.82) is 0 Å². The standard InChI is InChI=1S/C10H8FNO3/c11-8-3-7(5-12-6-13)4-9-10(8)15-2-1-14-9/h3-4H,1-2,5H2. The molecule has 0 spiro atoms. The number of aliphatic imine (C=N–C) groups is 1. The molecule has 1 aliphatic heterocycles. The molecule has 0 amide bonds. The van der Waals surface area contributed by atoms with Crippen molar-refractivity contribution in [2.75, 3.05) is 13.2 Å². The maximum atomic E-state index is 13.4. The molecule has 0 radical (unpaired) electrons. The van der Waals surface area contributed by atoms with Crippen LogP contribution in [0.3, 0.4) is 0 Å². The highest BCUT2D eigenvalue weighted by Crippen LogP contribution is 2.34. The summed E-state index contributed by atoms with van der Waals surface area (Å²) in [4.78, 5) is 13.3. The number of nitrogens with zero attached hydrogens (tertiary/aromatic N) is 1. The van der Waals surface area contributed by atoms with Crippen molar-refractivity contribution in [1.82, 2.24) is 0 Å². The van der Waals surface area contributed by atoms with Gasteiger partial charge in [-0.3, -0.25) is 0 Å². The van der Waals surface area contributed by atoms with Gasteiger partial charge < -0.3 is 9.47 Å². The van der Waals surface area contributed by atoms with Crippen molar-refractivity contribution < 1.29 is 18.7 Å². The summed E-state index contributed by atoms with van der Waals surface area (Å²) in [6.07, 6.45) is 1.40. The van der Waals surface area contributed by atoms with Crippen LogP contribution in [0.25, 0.3) is 0 Å². The summed E-state index contributed by atoms with van der Waals surface area (Å²) in [6.45, 7) is 0.833. The summed E-state index contributed by atoms with van der Waals surface area (Å²) in [5.41, 5.74) is 0.556. The Kier molecular flexibility index (Phi) is 2.65. The van der Waals surface area contributed by atoms with Crippen LogP contribution in [-0.2, 0) is 11.3 Å². The van der Waals surface area contributed by atoms with Gasteiger partial charge in [0.1, 0.15) is 13.2 Å². The molecule has 1 aromatic carbocycles. The second-order valence-electron chi connectivity index (χ2n) is 3.01. The monoisotopic (exact) mass is 209 g/mol. The number of rotatable bonds is 2. The van der Waals surface area contributed by atoms with Crippen LogP contribution in [0, 0.1) is 5.82 Å². The van der Waals surface area contributed by atoms with Gasteiger partial charge in [0.2, 0.25) is 6.08 Å². The number of isocyanates is 1. The van der Waals surface area contributed by atoms with Crippen molar-refractivity contribution in [3.8, 4) is 11.5 Å². The molecule has 0 bridgehead atoms. The highest BCUT2D eigenvalue weighted by molar-refractivity contribution is 5.45. The number of ether oxygens (including phenoxy) is 2. The predicted molar refractivity (Wildman–Crippen MR) is 49.2 cm³/mol. The van der Waals surface area contributed by atoms with Gasteiger partial charge in [0.25, 0.3) is 0 Å². The maximum Gasteiger partial charge on any atom is 0.235 e. The lowest BCUT2D eigenvalue weighted by atomic mass is 10.2. The summed E-state index contributed by atoms with van der Waals surface area (Å²) in [7, 11) is 0. The van der Waals surface area contributed by atoms with Gasteiger partial charge in [-0.2, -0.15) is 0 Å². The molecule has 0 N–H and O–H groups in total. The smallest absolute Gasteiger partial charge is 0.235 e. The fourth-order valence-corrected chi connectivity index (χ4v) is 1.38. The van der Waals surface area contributed by atoms with E-state index in [4.69, 9.17) is 9.47 Å². The van der Waals surface area contributed by atoms with E-state index >= 15 is 0 Å². The van der Waals surface area contributed by atoms with Gasteiger partial charge >= 0.3 is 0 Å². The zero-order valence-electron chi connectivity index (χ0n) is 7.83. The molecule has 78 valence electrons. The molecule has 1 aliphatic rings. The molecule has 0 saturated heterocycles. The molecule has 4 nitrogen and oxygen atoms in total. The Labute approximate surface area is 85.3 Å². The van der Waals surface area contributed by atoms with E-state index < -0.39 is 5.82 Å². The van der Waals surface area contributed by atoms with Gasteiger partial charge in [-0.05, 0) is 17.7 Å². The van der Waals surface area contributed by atoms with E-state index in [1.165, 1.54) is 12.1 Å². The Morgan fingerprint density at radius 1 is 1.40 bits per heavy atom. The number of carbonyl (C=O) groups excluding carboxylic acids is 1. The lowest BCUT2D eigenvalue weighted by Gasteiger charge is -2.19. The first-order chi connectivity index (χ1) is 7.31. The van der Waals surface area contributed by atoms with Crippen LogP contribution in [0.4, 0.5) is 4.39 Å². The predicted octanol–water partition coefficient (Wildman–Crippen LogP) is 1.43. The Bertz CT molecular complexity index is 427. The number of fused-ring (bicyclic) bond motifs is 1. The molecule has 0 aromatic heterocycles. The highest BCUT2D eigenvalue weighted by Gasteiger charge is 2.17. The maximum absolute atomic E-state index is 13.4. The minimum Gasteiger partial charge on any atom is -0.486 e. The van der Waals surface area contributed by atoms with E-state index in [0.29, 0.717) is 24.5 Å². The molecule has 1 heterocycles. The largest absolute Gasteiger partial charge is 0.486 e. The first-order valence-electron chi connectivity index (χ1n) is 4.43. The van der Waals surface area contributed by atoms with E-state index in [1.54, 1.807) is 6.07 Å². The summed E-state index contributed by atoms with van der Waals surface area (Å²) >= 11 is 0. The fraction of sp³-hybridized carbons (Fsp3) is 0.300. The van der Waals surface area contributed by atoms with Crippen LogP contribution in [-0.4, -0.2) is 19.3 Å². The van der Waals surface area contributed by atoms with Gasteiger partial charge in [0, 0.05) is 0 Å². The quantitative estimate of drug-likeness (QED) is 0.546. The van der Waals surface area contributed by atoms with Crippen molar-refractivity contribution in [2.24, 2.45) is 4.99 Å². The van der Waals surface area contributed by atoms with Gasteiger partial charge in [-0.1, -0.05) is 0 Å². The molecule has 1 aromatic rings. The molecule has 0 saturated carbocycles. The molecule has 5 heteroatoms. The van der Waals surface area contributed by atoms with Crippen LogP contribution in [0.15, 0.2) is 17.1 Å². The van der Waals surface area contributed by atoms with Crippen molar-refractivity contribution in [3.63, 3.8) is 0 Å². The average Bonchev–Trinajstić information content (AvgIpc) is 2.26. The van der Waals surface area contributed by atoms with Gasteiger partial charge in [0.15, 0.2) is 17.3 Å². The Morgan fingerprint density at radius 3 is 3.00 bits per heavy atom. The number of halogens is 1. The summed E-state index contributed by atoms with van der Waals surface area (Å²) in [5, 5.41) is 0. The highest BCUT2D eigenvalue weighted by atomic mass is 19.1. The first-order valence-corrected chi connectivity index (χ1v) is 4.43. The molecule has 2 rings (SSSR count). The van der Waals surface area contributed by atoms with Gasteiger partial charge in [-0.25, -0.2) is 14.2 Å².